The van der Waals surface area contributed by atoms with E-state index in [9.17, 15) is 9.59 Å². The van der Waals surface area contributed by atoms with E-state index in [4.69, 9.17) is 14.5 Å². The molecule has 0 bridgehead atoms. The summed E-state index contributed by atoms with van der Waals surface area (Å²) in [5.74, 6) is 0.993. The molecule has 0 unspecified atom stereocenters. The van der Waals surface area contributed by atoms with Gasteiger partial charge in [0.15, 0.2) is 0 Å². The highest BCUT2D eigenvalue weighted by Gasteiger charge is 2.15. The molecular weight excluding hydrogens is 430 g/mol. The van der Waals surface area contributed by atoms with Crippen molar-refractivity contribution in [1.29, 1.82) is 0 Å². The molecule has 4 rings (SSSR count). The Morgan fingerprint density at radius 2 is 1.68 bits per heavy atom. The van der Waals surface area contributed by atoms with Gasteiger partial charge in [-0.3, -0.25) is 9.59 Å². The maximum atomic E-state index is 13.3. The second kappa shape index (κ2) is 10.0. The molecule has 0 aliphatic heterocycles. The van der Waals surface area contributed by atoms with E-state index >= 15 is 0 Å². The van der Waals surface area contributed by atoms with Crippen LogP contribution in [0.15, 0.2) is 72.8 Å². The Hall–Kier alpha value is -4.39. The SMILES string of the molecule is COc1ccc(OC)c(CNC(=O)c2cc(-c3ccc(NC(C)=O)cc3)nc3ccccc23)c1. The quantitative estimate of drug-likeness (QED) is 0.418. The smallest absolute Gasteiger partial charge is 0.252 e. The number of fused-ring (bicyclic) bond motifs is 1. The predicted molar refractivity (Wildman–Crippen MR) is 132 cm³/mol. The molecule has 0 aliphatic carbocycles. The van der Waals surface area contributed by atoms with E-state index in [0.717, 1.165) is 22.0 Å². The van der Waals surface area contributed by atoms with E-state index in [0.29, 0.717) is 28.4 Å². The second-order valence-corrected chi connectivity index (χ2v) is 7.69. The van der Waals surface area contributed by atoms with Gasteiger partial charge in [0.2, 0.25) is 5.91 Å². The second-order valence-electron chi connectivity index (χ2n) is 7.69. The Bertz CT molecular complexity index is 1350. The summed E-state index contributed by atoms with van der Waals surface area (Å²) in [5, 5.41) is 6.50. The molecule has 1 aromatic heterocycles. The summed E-state index contributed by atoms with van der Waals surface area (Å²) in [6, 6.07) is 22.1. The van der Waals surface area contributed by atoms with Gasteiger partial charge < -0.3 is 20.1 Å². The van der Waals surface area contributed by atoms with Crippen molar-refractivity contribution in [3.8, 4) is 22.8 Å². The third kappa shape index (κ3) is 4.99. The van der Waals surface area contributed by atoms with Crippen molar-refractivity contribution in [1.82, 2.24) is 10.3 Å². The van der Waals surface area contributed by atoms with Crippen LogP contribution in [-0.4, -0.2) is 31.0 Å². The fourth-order valence-corrected chi connectivity index (χ4v) is 3.73. The lowest BCUT2D eigenvalue weighted by atomic mass is 10.0. The maximum absolute atomic E-state index is 13.3. The van der Waals surface area contributed by atoms with Crippen LogP contribution < -0.4 is 20.1 Å². The van der Waals surface area contributed by atoms with Crippen LogP contribution in [0.4, 0.5) is 5.69 Å². The number of carbonyl (C=O) groups excluding carboxylic acids is 2. The fourth-order valence-electron chi connectivity index (χ4n) is 3.73. The number of aromatic nitrogens is 1. The van der Waals surface area contributed by atoms with Crippen LogP contribution in [0.1, 0.15) is 22.8 Å². The highest BCUT2D eigenvalue weighted by molar-refractivity contribution is 6.07. The third-order valence-electron chi connectivity index (χ3n) is 5.39. The molecule has 0 atom stereocenters. The molecule has 1 heterocycles. The molecule has 0 radical (unpaired) electrons. The predicted octanol–water partition coefficient (Wildman–Crippen LogP) is 4.81. The Kier molecular flexibility index (Phi) is 6.73. The molecule has 0 fully saturated rings. The van der Waals surface area contributed by atoms with Gasteiger partial charge in [-0.05, 0) is 42.5 Å². The first-order chi connectivity index (χ1) is 16.5. The van der Waals surface area contributed by atoms with Gasteiger partial charge in [-0.25, -0.2) is 4.98 Å². The minimum atomic E-state index is -0.223. The van der Waals surface area contributed by atoms with Crippen LogP contribution >= 0.6 is 0 Å². The Morgan fingerprint density at radius 3 is 2.38 bits per heavy atom. The van der Waals surface area contributed by atoms with E-state index < -0.39 is 0 Å². The normalized spacial score (nSPS) is 10.6. The summed E-state index contributed by atoms with van der Waals surface area (Å²) in [7, 11) is 3.19. The van der Waals surface area contributed by atoms with Gasteiger partial charge in [-0.1, -0.05) is 30.3 Å². The number of hydrogen-bond donors (Lipinski definition) is 2. The molecule has 0 spiro atoms. The molecule has 0 aliphatic rings. The summed E-state index contributed by atoms with van der Waals surface area (Å²) in [6.45, 7) is 1.74. The lowest BCUT2D eigenvalue weighted by Gasteiger charge is -2.13. The minimum Gasteiger partial charge on any atom is -0.497 e. The number of ether oxygens (including phenoxy) is 2. The van der Waals surface area contributed by atoms with Crippen molar-refractivity contribution >= 4 is 28.4 Å². The zero-order valence-corrected chi connectivity index (χ0v) is 19.2. The lowest BCUT2D eigenvalue weighted by molar-refractivity contribution is -0.114. The number of carbonyl (C=O) groups is 2. The van der Waals surface area contributed by atoms with E-state index in [1.807, 2.05) is 66.7 Å². The highest BCUT2D eigenvalue weighted by atomic mass is 16.5. The number of anilines is 1. The van der Waals surface area contributed by atoms with Crippen LogP contribution in [0.3, 0.4) is 0 Å². The molecule has 2 N–H and O–H groups in total. The van der Waals surface area contributed by atoms with Gasteiger partial charge in [0, 0.05) is 35.7 Å². The minimum absolute atomic E-state index is 0.136. The number of hydrogen-bond acceptors (Lipinski definition) is 5. The van der Waals surface area contributed by atoms with Crippen molar-refractivity contribution in [3.63, 3.8) is 0 Å². The number of nitrogens with one attached hydrogen (secondary N) is 2. The van der Waals surface area contributed by atoms with Crippen molar-refractivity contribution in [3.05, 3.63) is 83.9 Å². The van der Waals surface area contributed by atoms with Crippen molar-refractivity contribution in [2.45, 2.75) is 13.5 Å². The highest BCUT2D eigenvalue weighted by Crippen LogP contribution is 2.27. The fraction of sp³-hybridized carbons (Fsp3) is 0.148. The van der Waals surface area contributed by atoms with Gasteiger partial charge in [-0.15, -0.1) is 0 Å². The Balaban J connectivity index is 1.65. The molecule has 0 saturated heterocycles. The Labute approximate surface area is 197 Å². The molecule has 3 aromatic carbocycles. The number of methoxy groups -OCH3 is 2. The summed E-state index contributed by atoms with van der Waals surface area (Å²) < 4.78 is 10.7. The molecule has 0 saturated carbocycles. The van der Waals surface area contributed by atoms with Crippen LogP contribution in [0, 0.1) is 0 Å². The zero-order chi connectivity index (χ0) is 24.1. The number of benzene rings is 3. The average molecular weight is 456 g/mol. The van der Waals surface area contributed by atoms with Crippen LogP contribution in [-0.2, 0) is 11.3 Å². The first-order valence-electron chi connectivity index (χ1n) is 10.8. The van der Waals surface area contributed by atoms with Gasteiger partial charge in [0.1, 0.15) is 11.5 Å². The number of rotatable bonds is 7. The third-order valence-corrected chi connectivity index (χ3v) is 5.39. The lowest BCUT2D eigenvalue weighted by Crippen LogP contribution is -2.23. The van der Waals surface area contributed by atoms with Crippen LogP contribution in [0.2, 0.25) is 0 Å². The molecule has 172 valence electrons. The topological polar surface area (TPSA) is 89.5 Å². The summed E-state index contributed by atoms with van der Waals surface area (Å²) in [5.41, 5.74) is 4.24. The van der Waals surface area contributed by atoms with E-state index in [1.165, 1.54) is 6.92 Å². The molecule has 7 nitrogen and oxygen atoms in total. The molecule has 2 amide bonds. The van der Waals surface area contributed by atoms with Crippen LogP contribution in [0.5, 0.6) is 11.5 Å². The van der Waals surface area contributed by atoms with Crippen molar-refractivity contribution in [2.75, 3.05) is 19.5 Å². The maximum Gasteiger partial charge on any atom is 0.252 e. The molecular formula is C27H25N3O4. The first kappa shape index (κ1) is 22.8. The summed E-state index contributed by atoms with van der Waals surface area (Å²) in [4.78, 5) is 29.3. The van der Waals surface area contributed by atoms with E-state index in [-0.39, 0.29) is 18.4 Å². The first-order valence-corrected chi connectivity index (χ1v) is 10.8. The molecule has 4 aromatic rings. The van der Waals surface area contributed by atoms with Gasteiger partial charge in [0.05, 0.1) is 31.0 Å². The largest absolute Gasteiger partial charge is 0.497 e. The van der Waals surface area contributed by atoms with Crippen molar-refractivity contribution < 1.29 is 19.1 Å². The number of pyridine rings is 1. The standard InChI is InChI=1S/C27H25N3O4/c1-17(31)29-20-10-8-18(9-11-20)25-15-23(22-6-4-5-7-24(22)30-25)27(32)28-16-19-14-21(33-2)12-13-26(19)34-3/h4-15H,16H2,1-3H3,(H,28,32)(H,29,31). The number of para-hydroxylation sites is 1. The van der Waals surface area contributed by atoms with Gasteiger partial charge >= 0.3 is 0 Å². The summed E-state index contributed by atoms with van der Waals surface area (Å²) >= 11 is 0. The van der Waals surface area contributed by atoms with E-state index in [1.54, 1.807) is 20.3 Å². The molecule has 7 heteroatoms. The van der Waals surface area contributed by atoms with Crippen molar-refractivity contribution in [2.24, 2.45) is 0 Å². The zero-order valence-electron chi connectivity index (χ0n) is 19.2. The Morgan fingerprint density at radius 1 is 0.912 bits per heavy atom. The number of amides is 2. The summed E-state index contributed by atoms with van der Waals surface area (Å²) in [6.07, 6.45) is 0. The monoisotopic (exact) mass is 455 g/mol. The number of nitrogens with zero attached hydrogens (tertiary/aromatic N) is 1. The average Bonchev–Trinajstić information content (AvgIpc) is 2.86. The van der Waals surface area contributed by atoms with Gasteiger partial charge in [-0.2, -0.15) is 0 Å². The van der Waals surface area contributed by atoms with Crippen LogP contribution in [0.25, 0.3) is 22.2 Å². The van der Waals surface area contributed by atoms with E-state index in [2.05, 4.69) is 10.6 Å². The van der Waals surface area contributed by atoms with Gasteiger partial charge in [0.25, 0.3) is 5.91 Å². The molecule has 34 heavy (non-hydrogen) atoms.